The van der Waals surface area contributed by atoms with E-state index in [1.165, 1.54) is 12.7 Å². The zero-order chi connectivity index (χ0) is 18.6. The van der Waals surface area contributed by atoms with Crippen molar-refractivity contribution in [2.75, 3.05) is 19.0 Å². The van der Waals surface area contributed by atoms with Gasteiger partial charge in [0.25, 0.3) is 5.91 Å². The van der Waals surface area contributed by atoms with Crippen molar-refractivity contribution in [3.05, 3.63) is 41.1 Å². The van der Waals surface area contributed by atoms with Gasteiger partial charge in [0.05, 0.1) is 24.1 Å². The van der Waals surface area contributed by atoms with Gasteiger partial charge in [-0.05, 0) is 30.9 Å². The molecule has 1 aromatic carbocycles. The van der Waals surface area contributed by atoms with Crippen LogP contribution in [0, 0.1) is 5.41 Å². The first-order chi connectivity index (χ1) is 13.1. The number of rotatable bonds is 2. The number of carbonyl (C=O) groups is 2. The Balaban J connectivity index is 1.68. The molecule has 27 heavy (non-hydrogen) atoms. The summed E-state index contributed by atoms with van der Waals surface area (Å²) in [5, 5.41) is 3.54. The third kappa shape index (κ3) is 1.55. The van der Waals surface area contributed by atoms with Crippen molar-refractivity contribution in [1.29, 1.82) is 0 Å². The smallest absolute Gasteiger partial charge is 0.335 e. The van der Waals surface area contributed by atoms with Crippen LogP contribution >= 0.6 is 0 Å². The number of hydrogen-bond donors (Lipinski definition) is 1. The number of amides is 1. The van der Waals surface area contributed by atoms with Gasteiger partial charge in [-0.3, -0.25) is 4.79 Å². The van der Waals surface area contributed by atoms with Gasteiger partial charge in [-0.1, -0.05) is 25.1 Å². The second kappa shape index (κ2) is 4.73. The van der Waals surface area contributed by atoms with E-state index < -0.39 is 0 Å². The summed E-state index contributed by atoms with van der Waals surface area (Å²) in [6.45, 7) is 2.86. The number of piperidine rings is 1. The predicted octanol–water partition coefficient (Wildman–Crippen LogP) is 1.96. The quantitative estimate of drug-likeness (QED) is 0.640. The second-order valence-corrected chi connectivity index (χ2v) is 8.41. The summed E-state index contributed by atoms with van der Waals surface area (Å²) < 4.78 is 11.1. The van der Waals surface area contributed by atoms with Crippen LogP contribution in [0.25, 0.3) is 0 Å². The number of esters is 1. The molecule has 3 saturated heterocycles. The van der Waals surface area contributed by atoms with Crippen molar-refractivity contribution in [3.8, 4) is 0 Å². The zero-order valence-electron chi connectivity index (χ0n) is 15.5. The molecule has 4 heterocycles. The van der Waals surface area contributed by atoms with Crippen LogP contribution in [-0.4, -0.2) is 48.7 Å². The Morgan fingerprint density at radius 1 is 1.41 bits per heavy atom. The lowest BCUT2D eigenvalue weighted by Gasteiger charge is -2.54. The molecule has 3 fully saturated rings. The molecule has 6 heteroatoms. The number of nitrogens with one attached hydrogen (secondary N) is 1. The molecule has 0 aromatic heterocycles. The summed E-state index contributed by atoms with van der Waals surface area (Å²) in [4.78, 5) is 27.8. The van der Waals surface area contributed by atoms with E-state index in [9.17, 15) is 9.59 Å². The molecule has 1 amide bonds. The molecule has 0 bridgehead atoms. The third-order valence-corrected chi connectivity index (χ3v) is 7.67. The van der Waals surface area contributed by atoms with Gasteiger partial charge in [0, 0.05) is 23.3 Å². The molecule has 5 atom stereocenters. The fourth-order valence-corrected chi connectivity index (χ4v) is 6.61. The fourth-order valence-electron chi connectivity index (χ4n) is 6.61. The van der Waals surface area contributed by atoms with Gasteiger partial charge in [-0.2, -0.15) is 0 Å². The maximum Gasteiger partial charge on any atom is 0.335 e. The first kappa shape index (κ1) is 15.7. The van der Waals surface area contributed by atoms with Crippen molar-refractivity contribution in [2.24, 2.45) is 5.41 Å². The molecule has 0 saturated carbocycles. The first-order valence-corrected chi connectivity index (χ1v) is 9.73. The van der Waals surface area contributed by atoms with E-state index in [-0.39, 0.29) is 41.0 Å². The van der Waals surface area contributed by atoms with E-state index in [1.54, 1.807) is 0 Å². The van der Waals surface area contributed by atoms with Crippen LogP contribution in [0.4, 0.5) is 5.69 Å². The Morgan fingerprint density at radius 2 is 2.22 bits per heavy atom. The number of epoxide rings is 1. The molecular formula is C21H22N2O4. The first-order valence-electron chi connectivity index (χ1n) is 9.73. The molecule has 140 valence electrons. The van der Waals surface area contributed by atoms with Gasteiger partial charge in [-0.25, -0.2) is 4.79 Å². The van der Waals surface area contributed by atoms with Crippen molar-refractivity contribution < 1.29 is 19.1 Å². The fraction of sp³-hybridized carbons (Fsp3) is 0.524. The molecular weight excluding hydrogens is 344 g/mol. The van der Waals surface area contributed by atoms with E-state index in [4.69, 9.17) is 9.47 Å². The summed E-state index contributed by atoms with van der Waals surface area (Å²) >= 11 is 0. The van der Waals surface area contributed by atoms with Gasteiger partial charge in [0.15, 0.2) is 6.10 Å². The predicted molar refractivity (Wildman–Crippen MR) is 96.9 cm³/mol. The van der Waals surface area contributed by atoms with Crippen LogP contribution < -0.4 is 5.32 Å². The van der Waals surface area contributed by atoms with Gasteiger partial charge < -0.3 is 19.7 Å². The maximum absolute atomic E-state index is 13.0. The Labute approximate surface area is 157 Å². The summed E-state index contributed by atoms with van der Waals surface area (Å²) in [6.07, 6.45) is 1.84. The highest BCUT2D eigenvalue weighted by atomic mass is 16.6. The van der Waals surface area contributed by atoms with E-state index in [1.807, 2.05) is 12.1 Å². The van der Waals surface area contributed by atoms with Crippen molar-refractivity contribution in [1.82, 2.24) is 4.90 Å². The van der Waals surface area contributed by atoms with Crippen molar-refractivity contribution in [3.63, 3.8) is 0 Å². The number of hydrogen-bond acceptors (Lipinski definition) is 5. The lowest BCUT2D eigenvalue weighted by molar-refractivity contribution is -0.141. The molecule has 1 aromatic rings. The SMILES string of the molecule is CC[C@@]12CC(C(=O)OC)=C3Nc4ccccc4[C@@]34CCN(C(=O)[C@H]3O[C@H]31)[C@@H]24. The number of nitrogens with zero attached hydrogens (tertiary/aromatic N) is 1. The lowest BCUT2D eigenvalue weighted by atomic mass is 9.53. The molecule has 0 radical (unpaired) electrons. The van der Waals surface area contributed by atoms with E-state index in [0.29, 0.717) is 13.0 Å². The van der Waals surface area contributed by atoms with E-state index in [2.05, 4.69) is 29.3 Å². The number of benzene rings is 1. The average molecular weight is 366 g/mol. The summed E-state index contributed by atoms with van der Waals surface area (Å²) in [7, 11) is 1.44. The summed E-state index contributed by atoms with van der Waals surface area (Å²) in [5.74, 6) is -0.153. The summed E-state index contributed by atoms with van der Waals surface area (Å²) in [5.41, 5.74) is 3.27. The van der Waals surface area contributed by atoms with Crippen LogP contribution in [0.2, 0.25) is 0 Å². The minimum atomic E-state index is -0.374. The van der Waals surface area contributed by atoms with E-state index in [0.717, 1.165) is 29.8 Å². The number of methoxy groups -OCH3 is 1. The second-order valence-electron chi connectivity index (χ2n) is 8.41. The maximum atomic E-state index is 13.0. The highest BCUT2D eigenvalue weighted by Crippen LogP contribution is 2.68. The molecule has 4 aliphatic heterocycles. The molecule has 1 spiro atoms. The monoisotopic (exact) mass is 366 g/mol. The third-order valence-electron chi connectivity index (χ3n) is 7.67. The number of fused-ring (bicyclic) bond motifs is 3. The molecule has 1 N–H and O–H groups in total. The topological polar surface area (TPSA) is 71.2 Å². The lowest BCUT2D eigenvalue weighted by Crippen LogP contribution is -2.64. The van der Waals surface area contributed by atoms with Crippen LogP contribution in [0.15, 0.2) is 35.5 Å². The molecule has 5 aliphatic rings. The van der Waals surface area contributed by atoms with Crippen molar-refractivity contribution >= 4 is 17.6 Å². The minimum Gasteiger partial charge on any atom is -0.466 e. The van der Waals surface area contributed by atoms with Crippen LogP contribution in [0.3, 0.4) is 0 Å². The molecule has 0 unspecified atom stereocenters. The average Bonchev–Trinajstić information content (AvgIpc) is 3.31. The number of anilines is 1. The standard InChI is InChI=1S/C21H22N2O4/c1-3-20-10-11(18(25)26-2)15-21(12-6-4-5-7-13(12)22-15)8-9-23(19(20)21)17(24)14-16(20)27-14/h4-7,14,16,19,22H,3,8-10H2,1-2H3/t14-,16+,19-,20+,21-/m0/s1. The largest absolute Gasteiger partial charge is 0.466 e. The number of ether oxygens (including phenoxy) is 2. The highest BCUT2D eigenvalue weighted by molar-refractivity contribution is 5.95. The normalized spacial score (nSPS) is 40.0. The Morgan fingerprint density at radius 3 is 3.00 bits per heavy atom. The Kier molecular flexibility index (Phi) is 2.75. The Hall–Kier alpha value is -2.34. The van der Waals surface area contributed by atoms with Gasteiger partial charge >= 0.3 is 5.97 Å². The molecule has 1 aliphatic carbocycles. The Bertz CT molecular complexity index is 940. The zero-order valence-corrected chi connectivity index (χ0v) is 15.5. The molecule has 6 rings (SSSR count). The summed E-state index contributed by atoms with van der Waals surface area (Å²) in [6, 6.07) is 8.27. The van der Waals surface area contributed by atoms with Crippen LogP contribution in [-0.2, 0) is 24.5 Å². The van der Waals surface area contributed by atoms with Gasteiger partial charge in [0.2, 0.25) is 0 Å². The number of carbonyl (C=O) groups excluding carboxylic acids is 2. The van der Waals surface area contributed by atoms with Crippen LogP contribution in [0.1, 0.15) is 31.7 Å². The van der Waals surface area contributed by atoms with Crippen molar-refractivity contribution in [2.45, 2.75) is 49.9 Å². The van der Waals surface area contributed by atoms with Gasteiger partial charge in [0.1, 0.15) is 6.10 Å². The minimum absolute atomic E-state index is 0.0193. The molecule has 6 nitrogen and oxygen atoms in total. The highest BCUT2D eigenvalue weighted by Gasteiger charge is 2.76. The van der Waals surface area contributed by atoms with Gasteiger partial charge in [-0.15, -0.1) is 0 Å². The van der Waals surface area contributed by atoms with E-state index >= 15 is 0 Å². The number of para-hydroxylation sites is 1. The van der Waals surface area contributed by atoms with Crippen LogP contribution in [0.5, 0.6) is 0 Å².